The number of piperazine rings is 1. The molecule has 8 nitrogen and oxygen atoms in total. The zero-order valence-electron chi connectivity index (χ0n) is 18.8. The number of nitrogens with zero attached hydrogens (tertiary/aromatic N) is 2. The Kier molecular flexibility index (Phi) is 7.60. The summed E-state index contributed by atoms with van der Waals surface area (Å²) in [5.41, 5.74) is 0.785. The maximum Gasteiger partial charge on any atom is 0.244 e. The topological polar surface area (TPSA) is 98.8 Å². The molecule has 0 spiro atoms. The van der Waals surface area contributed by atoms with E-state index in [1.807, 2.05) is 35.2 Å². The van der Waals surface area contributed by atoms with Crippen LogP contribution in [0.1, 0.15) is 18.4 Å². The normalized spacial score (nSPS) is 17.9. The van der Waals surface area contributed by atoms with Gasteiger partial charge in [-0.3, -0.25) is 14.5 Å². The minimum Gasteiger partial charge on any atom is -0.352 e. The molecule has 0 bridgehead atoms. The van der Waals surface area contributed by atoms with Crippen molar-refractivity contribution in [3.05, 3.63) is 66.0 Å². The van der Waals surface area contributed by atoms with Crippen LogP contribution < -0.4 is 10.0 Å². The highest BCUT2D eigenvalue weighted by Gasteiger charge is 2.33. The van der Waals surface area contributed by atoms with Gasteiger partial charge in [-0.1, -0.05) is 42.5 Å². The Morgan fingerprint density at radius 1 is 0.971 bits per heavy atom. The van der Waals surface area contributed by atoms with Crippen molar-refractivity contribution in [1.29, 1.82) is 0 Å². The lowest BCUT2D eigenvalue weighted by molar-refractivity contribution is -0.135. The van der Waals surface area contributed by atoms with Crippen LogP contribution in [-0.2, 0) is 26.0 Å². The van der Waals surface area contributed by atoms with E-state index < -0.39 is 26.8 Å². The Labute approximate surface area is 199 Å². The molecule has 2 aromatic carbocycles. The number of carbonyl (C=O) groups is 2. The Bertz CT molecular complexity index is 1120. The standard InChI is InChI=1S/C24H29FN4O4S/c25-20-8-4-5-9-22(20)34(32,33)27-21(16-18-6-2-1-3-7-18)24(31)29-14-12-28(13-15-29)17-23(30)26-19-10-11-19/h1-9,19,21,27H,10-17H2,(H,26,30)/t21-/m0/s1. The van der Waals surface area contributed by atoms with Crippen molar-refractivity contribution in [2.45, 2.75) is 36.2 Å². The number of hydrogen-bond donors (Lipinski definition) is 2. The maximum absolute atomic E-state index is 14.2. The summed E-state index contributed by atoms with van der Waals surface area (Å²) in [6.45, 7) is 2.07. The molecule has 2 fully saturated rings. The van der Waals surface area contributed by atoms with Crippen LogP contribution in [0.25, 0.3) is 0 Å². The summed E-state index contributed by atoms with van der Waals surface area (Å²) in [7, 11) is -4.26. The fraction of sp³-hybridized carbons (Fsp3) is 0.417. The summed E-state index contributed by atoms with van der Waals surface area (Å²) in [6, 6.07) is 13.4. The molecular formula is C24H29FN4O4S. The third-order valence-corrected chi connectivity index (χ3v) is 7.50. The van der Waals surface area contributed by atoms with Gasteiger partial charge in [0.2, 0.25) is 21.8 Å². The summed E-state index contributed by atoms with van der Waals surface area (Å²) in [6.07, 6.45) is 2.19. The van der Waals surface area contributed by atoms with Gasteiger partial charge in [-0.05, 0) is 37.0 Å². The van der Waals surface area contributed by atoms with Gasteiger partial charge in [0.1, 0.15) is 16.8 Å². The highest BCUT2D eigenvalue weighted by molar-refractivity contribution is 7.89. The first kappa shape index (κ1) is 24.3. The van der Waals surface area contributed by atoms with E-state index in [1.54, 1.807) is 4.90 Å². The smallest absolute Gasteiger partial charge is 0.244 e. The fourth-order valence-corrected chi connectivity index (χ4v) is 5.26. The van der Waals surface area contributed by atoms with E-state index in [0.717, 1.165) is 24.5 Å². The third-order valence-electron chi connectivity index (χ3n) is 6.00. The number of sulfonamides is 1. The zero-order valence-corrected chi connectivity index (χ0v) is 19.6. The first-order valence-corrected chi connectivity index (χ1v) is 12.9. The molecule has 1 saturated carbocycles. The molecule has 2 aromatic rings. The number of rotatable bonds is 9. The number of nitrogens with one attached hydrogen (secondary N) is 2. The first-order chi connectivity index (χ1) is 16.3. The monoisotopic (exact) mass is 488 g/mol. The molecule has 4 rings (SSSR count). The summed E-state index contributed by atoms with van der Waals surface area (Å²) >= 11 is 0. The predicted molar refractivity (Wildman–Crippen MR) is 125 cm³/mol. The Morgan fingerprint density at radius 2 is 1.62 bits per heavy atom. The van der Waals surface area contributed by atoms with Gasteiger partial charge in [0, 0.05) is 32.2 Å². The molecule has 2 aliphatic rings. The molecule has 34 heavy (non-hydrogen) atoms. The molecule has 0 unspecified atom stereocenters. The van der Waals surface area contributed by atoms with E-state index in [1.165, 1.54) is 18.2 Å². The zero-order chi connectivity index (χ0) is 24.1. The van der Waals surface area contributed by atoms with Crippen LogP contribution >= 0.6 is 0 Å². The van der Waals surface area contributed by atoms with Crippen molar-refractivity contribution in [1.82, 2.24) is 19.8 Å². The highest BCUT2D eigenvalue weighted by Crippen LogP contribution is 2.19. The van der Waals surface area contributed by atoms with Gasteiger partial charge < -0.3 is 10.2 Å². The number of benzene rings is 2. The SMILES string of the molecule is O=C(CN1CCN(C(=O)[C@H](Cc2ccccc2)NS(=O)(=O)c2ccccc2F)CC1)NC1CC1. The van der Waals surface area contributed by atoms with Crippen LogP contribution in [0.4, 0.5) is 4.39 Å². The van der Waals surface area contributed by atoms with Gasteiger partial charge in [-0.2, -0.15) is 4.72 Å². The molecule has 0 aromatic heterocycles. The van der Waals surface area contributed by atoms with E-state index in [0.29, 0.717) is 32.2 Å². The predicted octanol–water partition coefficient (Wildman–Crippen LogP) is 1.14. The van der Waals surface area contributed by atoms with Crippen molar-refractivity contribution in [2.75, 3.05) is 32.7 Å². The average Bonchev–Trinajstić information content (AvgIpc) is 3.63. The maximum atomic E-state index is 14.2. The molecule has 1 atom stereocenters. The van der Waals surface area contributed by atoms with Gasteiger partial charge in [-0.25, -0.2) is 12.8 Å². The van der Waals surface area contributed by atoms with Gasteiger partial charge in [0.05, 0.1) is 6.54 Å². The Balaban J connectivity index is 1.44. The number of hydrogen-bond acceptors (Lipinski definition) is 5. The Hall–Kier alpha value is -2.82. The summed E-state index contributed by atoms with van der Waals surface area (Å²) in [4.78, 5) is 28.5. The lowest BCUT2D eigenvalue weighted by Crippen LogP contribution is -2.56. The van der Waals surface area contributed by atoms with E-state index in [9.17, 15) is 22.4 Å². The molecule has 1 aliphatic carbocycles. The molecule has 2 amide bonds. The molecule has 182 valence electrons. The van der Waals surface area contributed by atoms with Crippen molar-refractivity contribution in [3.8, 4) is 0 Å². The second kappa shape index (κ2) is 10.6. The van der Waals surface area contributed by atoms with E-state index in [2.05, 4.69) is 10.0 Å². The summed E-state index contributed by atoms with van der Waals surface area (Å²) in [5, 5.41) is 2.96. The quantitative estimate of drug-likeness (QED) is 0.552. The molecule has 2 N–H and O–H groups in total. The Morgan fingerprint density at radius 3 is 2.26 bits per heavy atom. The van der Waals surface area contributed by atoms with Gasteiger partial charge in [-0.15, -0.1) is 0 Å². The van der Waals surface area contributed by atoms with Crippen molar-refractivity contribution < 1.29 is 22.4 Å². The highest BCUT2D eigenvalue weighted by atomic mass is 32.2. The van der Waals surface area contributed by atoms with E-state index in [-0.39, 0.29) is 24.8 Å². The average molecular weight is 489 g/mol. The first-order valence-electron chi connectivity index (χ1n) is 11.4. The lowest BCUT2D eigenvalue weighted by atomic mass is 10.1. The molecule has 1 saturated heterocycles. The molecular weight excluding hydrogens is 459 g/mol. The summed E-state index contributed by atoms with van der Waals surface area (Å²) < 4.78 is 42.5. The number of halogens is 1. The van der Waals surface area contributed by atoms with Crippen molar-refractivity contribution in [3.63, 3.8) is 0 Å². The second-order valence-electron chi connectivity index (χ2n) is 8.74. The van der Waals surface area contributed by atoms with Crippen LogP contribution in [0, 0.1) is 5.82 Å². The van der Waals surface area contributed by atoms with Crippen LogP contribution in [0.5, 0.6) is 0 Å². The second-order valence-corrected chi connectivity index (χ2v) is 10.4. The largest absolute Gasteiger partial charge is 0.352 e. The third kappa shape index (κ3) is 6.40. The molecule has 1 aliphatic heterocycles. The van der Waals surface area contributed by atoms with Crippen LogP contribution in [0.3, 0.4) is 0 Å². The van der Waals surface area contributed by atoms with Gasteiger partial charge in [0.15, 0.2) is 0 Å². The number of carbonyl (C=O) groups excluding carboxylic acids is 2. The minimum atomic E-state index is -4.26. The molecule has 1 heterocycles. The van der Waals surface area contributed by atoms with Gasteiger partial charge >= 0.3 is 0 Å². The van der Waals surface area contributed by atoms with Crippen LogP contribution in [-0.4, -0.2) is 74.8 Å². The lowest BCUT2D eigenvalue weighted by Gasteiger charge is -2.36. The van der Waals surface area contributed by atoms with Crippen molar-refractivity contribution >= 4 is 21.8 Å². The van der Waals surface area contributed by atoms with Gasteiger partial charge in [0.25, 0.3) is 0 Å². The van der Waals surface area contributed by atoms with E-state index >= 15 is 0 Å². The van der Waals surface area contributed by atoms with Crippen molar-refractivity contribution in [2.24, 2.45) is 0 Å². The minimum absolute atomic E-state index is 0.0121. The summed E-state index contributed by atoms with van der Waals surface area (Å²) in [5.74, 6) is -1.26. The fourth-order valence-electron chi connectivity index (χ4n) is 3.99. The number of amides is 2. The van der Waals surface area contributed by atoms with E-state index in [4.69, 9.17) is 0 Å². The molecule has 10 heteroatoms. The van der Waals surface area contributed by atoms with Crippen LogP contribution in [0.15, 0.2) is 59.5 Å². The van der Waals surface area contributed by atoms with Crippen LogP contribution in [0.2, 0.25) is 0 Å². The molecule has 0 radical (unpaired) electrons.